The third-order valence-electron chi connectivity index (χ3n) is 3.92. The number of fused-ring (bicyclic) bond motifs is 3. The lowest BCUT2D eigenvalue weighted by molar-refractivity contribution is 0.472. The fourth-order valence-electron chi connectivity index (χ4n) is 2.82. The molecule has 0 radical (unpaired) electrons. The van der Waals surface area contributed by atoms with Crippen LogP contribution in [0.3, 0.4) is 0 Å². The van der Waals surface area contributed by atoms with E-state index in [9.17, 15) is 14.7 Å². The molecule has 23 heavy (non-hydrogen) atoms. The van der Waals surface area contributed by atoms with Gasteiger partial charge in [-0.05, 0) is 19.1 Å². The lowest BCUT2D eigenvalue weighted by Gasteiger charge is -2.07. The van der Waals surface area contributed by atoms with E-state index in [2.05, 4.69) is 9.97 Å². The maximum Gasteiger partial charge on any atom is 0.329 e. The summed E-state index contributed by atoms with van der Waals surface area (Å²) >= 11 is 0. The molecule has 8 heteroatoms. The summed E-state index contributed by atoms with van der Waals surface area (Å²) in [5, 5.41) is 10.1. The van der Waals surface area contributed by atoms with Crippen LogP contribution >= 0.6 is 0 Å². The molecule has 8 nitrogen and oxygen atoms in total. The maximum atomic E-state index is 12.2. The van der Waals surface area contributed by atoms with Crippen molar-refractivity contribution in [1.29, 1.82) is 0 Å². The number of benzene rings is 1. The summed E-state index contributed by atoms with van der Waals surface area (Å²) in [6.45, 7) is 1.85. The number of aryl methyl sites for hydroxylation is 2. The van der Waals surface area contributed by atoms with Gasteiger partial charge in [-0.3, -0.25) is 23.3 Å². The van der Waals surface area contributed by atoms with E-state index in [0.717, 1.165) is 5.69 Å². The van der Waals surface area contributed by atoms with Gasteiger partial charge >= 0.3 is 5.69 Å². The highest BCUT2D eigenvalue weighted by molar-refractivity contribution is 5.76. The van der Waals surface area contributed by atoms with Gasteiger partial charge in [-0.1, -0.05) is 12.1 Å². The predicted molar refractivity (Wildman–Crippen MR) is 84.3 cm³/mol. The van der Waals surface area contributed by atoms with Gasteiger partial charge in [-0.25, -0.2) is 4.79 Å². The molecule has 116 valence electrons. The minimum absolute atomic E-state index is 0.101. The molecule has 4 aromatic rings. The highest BCUT2D eigenvalue weighted by Gasteiger charge is 2.19. The first-order chi connectivity index (χ1) is 11.0. The van der Waals surface area contributed by atoms with Gasteiger partial charge in [-0.15, -0.1) is 0 Å². The van der Waals surface area contributed by atoms with E-state index >= 15 is 0 Å². The van der Waals surface area contributed by atoms with Gasteiger partial charge in [0.1, 0.15) is 5.75 Å². The molecule has 0 atom stereocenters. The quantitative estimate of drug-likeness (QED) is 0.540. The van der Waals surface area contributed by atoms with Gasteiger partial charge in [0.2, 0.25) is 5.78 Å². The Morgan fingerprint density at radius 2 is 1.96 bits per heavy atom. The summed E-state index contributed by atoms with van der Waals surface area (Å²) in [6.07, 6.45) is 1.75. The number of para-hydroxylation sites is 2. The zero-order chi connectivity index (χ0) is 16.3. The van der Waals surface area contributed by atoms with Crippen LogP contribution in [0.1, 0.15) is 5.69 Å². The Morgan fingerprint density at radius 3 is 2.70 bits per heavy atom. The number of nitrogens with one attached hydrogen (secondary N) is 1. The van der Waals surface area contributed by atoms with Crippen molar-refractivity contribution in [2.24, 2.45) is 7.05 Å². The van der Waals surface area contributed by atoms with Crippen molar-refractivity contribution >= 4 is 16.9 Å². The zero-order valence-electron chi connectivity index (χ0n) is 12.4. The Bertz CT molecular complexity index is 1190. The highest BCUT2D eigenvalue weighted by atomic mass is 16.3. The highest BCUT2D eigenvalue weighted by Crippen LogP contribution is 2.26. The number of nitrogens with zero attached hydrogens (tertiary/aromatic N) is 4. The van der Waals surface area contributed by atoms with E-state index in [1.165, 1.54) is 4.57 Å². The van der Waals surface area contributed by atoms with E-state index < -0.39 is 11.2 Å². The molecule has 0 unspecified atom stereocenters. The van der Waals surface area contributed by atoms with Crippen molar-refractivity contribution in [1.82, 2.24) is 23.5 Å². The molecular weight excluding hydrogens is 298 g/mol. The summed E-state index contributed by atoms with van der Waals surface area (Å²) in [7, 11) is 1.55. The molecule has 0 spiro atoms. The van der Waals surface area contributed by atoms with Crippen LogP contribution in [0.25, 0.3) is 22.6 Å². The van der Waals surface area contributed by atoms with Crippen molar-refractivity contribution in [2.45, 2.75) is 6.92 Å². The van der Waals surface area contributed by atoms with E-state index in [1.54, 1.807) is 46.5 Å². The Morgan fingerprint density at radius 1 is 1.22 bits per heavy atom. The van der Waals surface area contributed by atoms with Gasteiger partial charge < -0.3 is 5.11 Å². The molecular formula is C15H13N5O3. The number of H-pyrrole nitrogens is 1. The number of aromatic amines is 1. The summed E-state index contributed by atoms with van der Waals surface area (Å²) in [6, 6.07) is 6.86. The number of imidazole rings is 2. The van der Waals surface area contributed by atoms with Crippen molar-refractivity contribution in [3.63, 3.8) is 0 Å². The summed E-state index contributed by atoms with van der Waals surface area (Å²) in [4.78, 5) is 30.6. The molecule has 0 fully saturated rings. The largest absolute Gasteiger partial charge is 0.506 e. The first kappa shape index (κ1) is 13.4. The fraction of sp³-hybridized carbons (Fsp3) is 0.133. The topological polar surface area (TPSA) is 97.3 Å². The zero-order valence-corrected chi connectivity index (χ0v) is 12.4. The van der Waals surface area contributed by atoms with Crippen LogP contribution < -0.4 is 11.2 Å². The average molecular weight is 311 g/mol. The molecule has 0 saturated heterocycles. The second-order valence-electron chi connectivity index (χ2n) is 5.37. The number of phenols is 1. The van der Waals surface area contributed by atoms with E-state index in [1.807, 2.05) is 6.92 Å². The summed E-state index contributed by atoms with van der Waals surface area (Å²) < 4.78 is 4.64. The van der Waals surface area contributed by atoms with Gasteiger partial charge in [-0.2, -0.15) is 4.98 Å². The molecule has 3 aromatic heterocycles. The Balaban J connectivity index is 2.22. The summed E-state index contributed by atoms with van der Waals surface area (Å²) in [5.74, 6) is 0.550. The number of phenolic OH excluding ortho intramolecular Hbond substituents is 1. The smallest absolute Gasteiger partial charge is 0.329 e. The van der Waals surface area contributed by atoms with E-state index in [4.69, 9.17) is 0 Å². The third-order valence-corrected chi connectivity index (χ3v) is 3.92. The number of hydrogen-bond acceptors (Lipinski definition) is 4. The second-order valence-corrected chi connectivity index (χ2v) is 5.37. The lowest BCUT2D eigenvalue weighted by atomic mass is 10.3. The first-order valence-electron chi connectivity index (χ1n) is 6.97. The number of aromatic nitrogens is 5. The molecule has 0 saturated carbocycles. The SMILES string of the molecule is Cc1cn2c3c(=O)[nH]c(=O)n(C)c3nc2n1-c1ccccc1O. The van der Waals surface area contributed by atoms with Gasteiger partial charge in [0.15, 0.2) is 11.2 Å². The van der Waals surface area contributed by atoms with Crippen LogP contribution in [0, 0.1) is 6.92 Å². The molecule has 0 amide bonds. The van der Waals surface area contributed by atoms with Gasteiger partial charge in [0.25, 0.3) is 5.56 Å². The van der Waals surface area contributed by atoms with E-state index in [-0.39, 0.29) is 11.4 Å². The first-order valence-corrected chi connectivity index (χ1v) is 6.97. The number of aromatic hydroxyl groups is 1. The van der Waals surface area contributed by atoms with Crippen LogP contribution in [0.2, 0.25) is 0 Å². The Hall–Kier alpha value is -3.29. The van der Waals surface area contributed by atoms with Crippen LogP contribution in [0.15, 0.2) is 40.1 Å². The monoisotopic (exact) mass is 311 g/mol. The Labute approximate surface area is 128 Å². The fourth-order valence-corrected chi connectivity index (χ4v) is 2.82. The maximum absolute atomic E-state index is 12.2. The lowest BCUT2D eigenvalue weighted by Crippen LogP contribution is -2.28. The van der Waals surface area contributed by atoms with Gasteiger partial charge in [0.05, 0.1) is 5.69 Å². The van der Waals surface area contributed by atoms with Gasteiger partial charge in [0, 0.05) is 18.9 Å². The van der Waals surface area contributed by atoms with Crippen LogP contribution in [-0.4, -0.2) is 28.6 Å². The van der Waals surface area contributed by atoms with Crippen LogP contribution in [0.5, 0.6) is 5.75 Å². The van der Waals surface area contributed by atoms with Crippen molar-refractivity contribution in [3.8, 4) is 11.4 Å². The van der Waals surface area contributed by atoms with Crippen molar-refractivity contribution in [3.05, 3.63) is 57.0 Å². The average Bonchev–Trinajstić information content (AvgIpc) is 3.01. The molecule has 0 aliphatic rings. The number of hydrogen-bond donors (Lipinski definition) is 2. The minimum atomic E-state index is -0.519. The standard InChI is InChI=1S/C15H13N5O3/c1-8-7-19-11-12(18(2)15(23)17-13(11)22)16-14(19)20(8)9-5-3-4-6-10(9)21/h3-7,21H,1-2H3,(H,17,22,23). The molecule has 4 rings (SSSR count). The normalized spacial score (nSPS) is 11.6. The molecule has 2 N–H and O–H groups in total. The molecule has 0 aliphatic carbocycles. The molecule has 0 aliphatic heterocycles. The second kappa shape index (κ2) is 4.35. The van der Waals surface area contributed by atoms with E-state index in [0.29, 0.717) is 17.0 Å². The molecule has 0 bridgehead atoms. The van der Waals surface area contributed by atoms with Crippen molar-refractivity contribution in [2.75, 3.05) is 0 Å². The third kappa shape index (κ3) is 1.68. The predicted octanol–water partition coefficient (Wildman–Crippen LogP) is 0.679. The summed E-state index contributed by atoms with van der Waals surface area (Å²) in [5.41, 5.74) is 0.914. The molecule has 1 aromatic carbocycles. The minimum Gasteiger partial charge on any atom is -0.506 e. The Kier molecular flexibility index (Phi) is 2.53. The van der Waals surface area contributed by atoms with Crippen LogP contribution in [0.4, 0.5) is 0 Å². The van der Waals surface area contributed by atoms with Crippen molar-refractivity contribution < 1.29 is 5.11 Å². The number of rotatable bonds is 1. The van der Waals surface area contributed by atoms with Crippen LogP contribution in [-0.2, 0) is 7.05 Å². The molecule has 3 heterocycles.